The lowest BCUT2D eigenvalue weighted by Crippen LogP contribution is -2.57. The quantitative estimate of drug-likeness (QED) is 0.618. The lowest BCUT2D eigenvalue weighted by Gasteiger charge is -2.47. The summed E-state index contributed by atoms with van der Waals surface area (Å²) in [6.07, 6.45) is 1.96. The van der Waals surface area contributed by atoms with Crippen molar-refractivity contribution in [2.24, 2.45) is 0 Å². The molecule has 1 N–H and O–H groups in total. The number of piperazine rings is 1. The first kappa shape index (κ1) is 24.0. The van der Waals surface area contributed by atoms with Gasteiger partial charge in [-0.25, -0.2) is 0 Å². The highest BCUT2D eigenvalue weighted by Gasteiger charge is 2.36. The molecule has 0 radical (unpaired) electrons. The molecule has 0 saturated carbocycles. The van der Waals surface area contributed by atoms with E-state index >= 15 is 0 Å². The standard InChI is InChI=1S/C27H37N3O2/c1-6-16-29-18-21(5)30(19-20(29)4)26(22-12-11-13-23(31)17-22)24-14-9-10-15-25(24)27(32)28(7-2)8-3/h6,9-15,17,20-21,26,31H,1,7-8,16,18-19H2,2-5H3/t20-,21+,26-/m0/s1. The van der Waals surface area contributed by atoms with Gasteiger partial charge in [-0.3, -0.25) is 14.6 Å². The molecule has 5 heteroatoms. The average molecular weight is 436 g/mol. The number of rotatable bonds is 8. The van der Waals surface area contributed by atoms with Crippen LogP contribution in [0.2, 0.25) is 0 Å². The summed E-state index contributed by atoms with van der Waals surface area (Å²) in [5, 5.41) is 10.3. The minimum Gasteiger partial charge on any atom is -0.508 e. The normalized spacial score (nSPS) is 20.6. The fraction of sp³-hybridized carbons (Fsp3) is 0.444. The highest BCUT2D eigenvalue weighted by Crippen LogP contribution is 2.36. The predicted molar refractivity (Wildman–Crippen MR) is 131 cm³/mol. The molecule has 1 aliphatic rings. The second-order valence-electron chi connectivity index (χ2n) is 8.70. The van der Waals surface area contributed by atoms with Crippen LogP contribution in [0.15, 0.2) is 61.2 Å². The Labute approximate surface area is 193 Å². The Morgan fingerprint density at radius 3 is 2.50 bits per heavy atom. The molecule has 2 aromatic carbocycles. The van der Waals surface area contributed by atoms with Gasteiger partial charge in [0.05, 0.1) is 6.04 Å². The van der Waals surface area contributed by atoms with Gasteiger partial charge in [-0.1, -0.05) is 36.4 Å². The van der Waals surface area contributed by atoms with Crippen molar-refractivity contribution in [3.8, 4) is 5.75 Å². The summed E-state index contributed by atoms with van der Waals surface area (Å²) in [6, 6.07) is 15.9. The Morgan fingerprint density at radius 1 is 1.12 bits per heavy atom. The molecule has 3 rings (SSSR count). The average Bonchev–Trinajstić information content (AvgIpc) is 2.78. The topological polar surface area (TPSA) is 47.0 Å². The summed E-state index contributed by atoms with van der Waals surface area (Å²) in [6.45, 7) is 16.4. The molecule has 1 heterocycles. The van der Waals surface area contributed by atoms with E-state index in [1.165, 1.54) is 0 Å². The molecule has 0 aliphatic carbocycles. The van der Waals surface area contributed by atoms with E-state index in [2.05, 4.69) is 42.4 Å². The first-order chi connectivity index (χ1) is 15.4. The van der Waals surface area contributed by atoms with Crippen LogP contribution >= 0.6 is 0 Å². The van der Waals surface area contributed by atoms with Gasteiger partial charge in [-0.05, 0) is 57.0 Å². The van der Waals surface area contributed by atoms with Crippen LogP contribution in [0.25, 0.3) is 0 Å². The molecular weight excluding hydrogens is 398 g/mol. The fourth-order valence-electron chi connectivity index (χ4n) is 4.86. The van der Waals surface area contributed by atoms with Gasteiger partial charge in [-0.15, -0.1) is 6.58 Å². The number of phenolic OH excluding ortho intramolecular Hbond substituents is 1. The number of nitrogens with zero attached hydrogens (tertiary/aromatic N) is 3. The summed E-state index contributed by atoms with van der Waals surface area (Å²) >= 11 is 0. The van der Waals surface area contributed by atoms with E-state index in [1.54, 1.807) is 6.07 Å². The van der Waals surface area contributed by atoms with Crippen LogP contribution in [0.4, 0.5) is 0 Å². The van der Waals surface area contributed by atoms with Gasteiger partial charge in [0.15, 0.2) is 0 Å². The van der Waals surface area contributed by atoms with E-state index in [9.17, 15) is 9.90 Å². The second kappa shape index (κ2) is 10.8. The van der Waals surface area contributed by atoms with E-state index in [4.69, 9.17) is 0 Å². The number of phenols is 1. The van der Waals surface area contributed by atoms with Gasteiger partial charge < -0.3 is 10.0 Å². The Hall–Kier alpha value is -2.63. The summed E-state index contributed by atoms with van der Waals surface area (Å²) in [7, 11) is 0. The number of amides is 1. The maximum atomic E-state index is 13.4. The zero-order valence-corrected chi connectivity index (χ0v) is 19.9. The molecule has 1 aliphatic heterocycles. The molecule has 0 bridgehead atoms. The van der Waals surface area contributed by atoms with Crippen molar-refractivity contribution in [2.45, 2.75) is 45.8 Å². The Morgan fingerprint density at radius 2 is 1.84 bits per heavy atom. The first-order valence-corrected chi connectivity index (χ1v) is 11.7. The number of aromatic hydroxyl groups is 1. The van der Waals surface area contributed by atoms with Gasteiger partial charge >= 0.3 is 0 Å². The molecule has 3 atom stereocenters. The Kier molecular flexibility index (Phi) is 8.10. The molecule has 5 nitrogen and oxygen atoms in total. The first-order valence-electron chi connectivity index (χ1n) is 11.7. The molecule has 1 saturated heterocycles. The number of carbonyl (C=O) groups is 1. The van der Waals surface area contributed by atoms with Crippen LogP contribution in [0, 0.1) is 0 Å². The second-order valence-corrected chi connectivity index (χ2v) is 8.70. The Balaban J connectivity index is 2.10. The zero-order chi connectivity index (χ0) is 23.3. The smallest absolute Gasteiger partial charge is 0.254 e. The molecule has 2 aromatic rings. The van der Waals surface area contributed by atoms with Crippen molar-refractivity contribution >= 4 is 5.91 Å². The van der Waals surface area contributed by atoms with Crippen molar-refractivity contribution in [3.63, 3.8) is 0 Å². The summed E-state index contributed by atoms with van der Waals surface area (Å²) < 4.78 is 0. The van der Waals surface area contributed by atoms with Crippen molar-refractivity contribution in [2.75, 3.05) is 32.7 Å². The minimum absolute atomic E-state index is 0.0572. The predicted octanol–water partition coefficient (Wildman–Crippen LogP) is 4.54. The van der Waals surface area contributed by atoms with Gasteiger partial charge in [0.2, 0.25) is 0 Å². The van der Waals surface area contributed by atoms with E-state index in [-0.39, 0.29) is 23.7 Å². The number of hydrogen-bond acceptors (Lipinski definition) is 4. The lowest BCUT2D eigenvalue weighted by atomic mass is 9.90. The minimum atomic E-state index is -0.124. The summed E-state index contributed by atoms with van der Waals surface area (Å²) in [5.74, 6) is 0.299. The molecule has 32 heavy (non-hydrogen) atoms. The molecule has 1 amide bonds. The van der Waals surface area contributed by atoms with Crippen molar-refractivity contribution in [1.29, 1.82) is 0 Å². The number of carbonyl (C=O) groups excluding carboxylic acids is 1. The van der Waals surface area contributed by atoms with Crippen molar-refractivity contribution in [3.05, 3.63) is 77.9 Å². The fourth-order valence-corrected chi connectivity index (χ4v) is 4.86. The van der Waals surface area contributed by atoms with E-state index in [1.807, 2.05) is 55.2 Å². The zero-order valence-electron chi connectivity index (χ0n) is 19.9. The van der Waals surface area contributed by atoms with Gasteiger partial charge in [-0.2, -0.15) is 0 Å². The molecule has 172 valence electrons. The van der Waals surface area contributed by atoms with Crippen LogP contribution in [-0.2, 0) is 0 Å². The largest absolute Gasteiger partial charge is 0.508 e. The molecule has 0 spiro atoms. The third kappa shape index (κ3) is 5.05. The van der Waals surface area contributed by atoms with E-state index in [0.29, 0.717) is 19.1 Å². The summed E-state index contributed by atoms with van der Waals surface area (Å²) in [4.78, 5) is 20.2. The monoisotopic (exact) mass is 435 g/mol. The van der Waals surface area contributed by atoms with Gasteiger partial charge in [0.1, 0.15) is 5.75 Å². The van der Waals surface area contributed by atoms with Crippen LogP contribution in [0.1, 0.15) is 55.2 Å². The van der Waals surface area contributed by atoms with Crippen molar-refractivity contribution < 1.29 is 9.90 Å². The number of benzene rings is 2. The highest BCUT2D eigenvalue weighted by atomic mass is 16.3. The lowest BCUT2D eigenvalue weighted by molar-refractivity contribution is 0.0302. The molecule has 0 unspecified atom stereocenters. The van der Waals surface area contributed by atoms with Gasteiger partial charge in [0, 0.05) is 50.4 Å². The molecular formula is C27H37N3O2. The maximum Gasteiger partial charge on any atom is 0.254 e. The maximum absolute atomic E-state index is 13.4. The van der Waals surface area contributed by atoms with Crippen LogP contribution in [0.3, 0.4) is 0 Å². The summed E-state index contributed by atoms with van der Waals surface area (Å²) in [5.41, 5.74) is 2.73. The van der Waals surface area contributed by atoms with Crippen LogP contribution in [-0.4, -0.2) is 70.5 Å². The number of hydrogen-bond donors (Lipinski definition) is 1. The third-order valence-corrected chi connectivity index (χ3v) is 6.58. The molecule has 0 aromatic heterocycles. The van der Waals surface area contributed by atoms with E-state index in [0.717, 1.165) is 36.3 Å². The SMILES string of the molecule is C=CCN1C[C@@H](C)N([C@@H](c2cccc(O)c2)c2ccccc2C(=O)N(CC)CC)C[C@@H]1C. The van der Waals surface area contributed by atoms with E-state index < -0.39 is 0 Å². The van der Waals surface area contributed by atoms with Gasteiger partial charge in [0.25, 0.3) is 5.91 Å². The van der Waals surface area contributed by atoms with Crippen molar-refractivity contribution in [1.82, 2.24) is 14.7 Å². The highest BCUT2D eigenvalue weighted by molar-refractivity contribution is 5.96. The Bertz CT molecular complexity index is 925. The van der Waals surface area contributed by atoms with Crippen LogP contribution in [0.5, 0.6) is 5.75 Å². The molecule has 1 fully saturated rings. The van der Waals surface area contributed by atoms with Crippen LogP contribution < -0.4 is 0 Å². The third-order valence-electron chi connectivity index (χ3n) is 6.58.